The molecule has 5 heteroatoms. The number of hydrogen-bond acceptors (Lipinski definition) is 3. The normalized spacial score (nSPS) is 10.2. The molecule has 110 valence electrons. The van der Waals surface area contributed by atoms with Crippen molar-refractivity contribution in [3.8, 4) is 0 Å². The number of hydrogen-bond donors (Lipinski definition) is 2. The summed E-state index contributed by atoms with van der Waals surface area (Å²) < 4.78 is 5.17. The fraction of sp³-hybridized carbons (Fsp3) is 0. The Balaban J connectivity index is 1.95. The van der Waals surface area contributed by atoms with Crippen molar-refractivity contribution in [2.24, 2.45) is 0 Å². The van der Waals surface area contributed by atoms with Gasteiger partial charge in [0, 0.05) is 11.8 Å². The summed E-state index contributed by atoms with van der Waals surface area (Å²) in [6.07, 6.45) is 1.51. The van der Waals surface area contributed by atoms with Gasteiger partial charge in [-0.05, 0) is 42.5 Å². The second-order valence-electron chi connectivity index (χ2n) is 4.67. The van der Waals surface area contributed by atoms with Crippen LogP contribution in [0.2, 0.25) is 0 Å². The average Bonchev–Trinajstić information content (AvgIpc) is 3.03. The number of carbonyl (C=O) groups is 1. The highest BCUT2D eigenvalue weighted by molar-refractivity contribution is 6.06. The maximum Gasteiger partial charge on any atom is 0.333 e. The third-order valence-electron chi connectivity index (χ3n) is 3.12. The molecule has 0 unspecified atom stereocenters. The predicted octanol–water partition coefficient (Wildman–Crippen LogP) is 4.23. The third-order valence-corrected chi connectivity index (χ3v) is 3.12. The first-order valence-corrected chi connectivity index (χ1v) is 6.79. The zero-order valence-corrected chi connectivity index (χ0v) is 11.8. The molecular weight excluding hydrogens is 278 g/mol. The number of furan rings is 1. The van der Waals surface area contributed by atoms with Crippen molar-refractivity contribution >= 4 is 29.0 Å². The standard InChI is InChI=1S/C17H15N3O2/c18-13-8-10-15(11-9-13)20(14-5-2-1-3-6-14)17(21)19-16-7-4-12-22-16/h1-12H,18H2,(H,19,21). The van der Waals surface area contributed by atoms with Gasteiger partial charge in [0.2, 0.25) is 5.88 Å². The smallest absolute Gasteiger partial charge is 0.333 e. The van der Waals surface area contributed by atoms with Crippen molar-refractivity contribution < 1.29 is 9.21 Å². The van der Waals surface area contributed by atoms with Gasteiger partial charge in [0.15, 0.2) is 0 Å². The van der Waals surface area contributed by atoms with Gasteiger partial charge < -0.3 is 10.2 Å². The summed E-state index contributed by atoms with van der Waals surface area (Å²) in [5, 5.41) is 2.72. The molecular formula is C17H15N3O2. The van der Waals surface area contributed by atoms with Crippen LogP contribution in [0.3, 0.4) is 0 Å². The third kappa shape index (κ3) is 2.93. The lowest BCUT2D eigenvalue weighted by Gasteiger charge is -2.22. The number of amides is 2. The molecule has 0 radical (unpaired) electrons. The Bertz CT molecular complexity index is 737. The lowest BCUT2D eigenvalue weighted by molar-refractivity contribution is 0.258. The molecule has 0 aliphatic carbocycles. The Morgan fingerprint density at radius 1 is 0.909 bits per heavy atom. The zero-order valence-electron chi connectivity index (χ0n) is 11.8. The van der Waals surface area contributed by atoms with Crippen LogP contribution < -0.4 is 16.0 Å². The number of carbonyl (C=O) groups excluding carboxylic acids is 1. The van der Waals surface area contributed by atoms with Crippen molar-refractivity contribution in [2.75, 3.05) is 16.0 Å². The van der Waals surface area contributed by atoms with E-state index < -0.39 is 0 Å². The molecule has 3 rings (SSSR count). The van der Waals surface area contributed by atoms with Gasteiger partial charge in [-0.25, -0.2) is 4.79 Å². The van der Waals surface area contributed by atoms with Crippen LogP contribution in [0.5, 0.6) is 0 Å². The molecule has 0 saturated heterocycles. The lowest BCUT2D eigenvalue weighted by Crippen LogP contribution is -2.30. The number of rotatable bonds is 3. The van der Waals surface area contributed by atoms with Crippen LogP contribution in [0, 0.1) is 0 Å². The van der Waals surface area contributed by atoms with Crippen LogP contribution in [0.4, 0.5) is 27.7 Å². The maximum atomic E-state index is 12.6. The van der Waals surface area contributed by atoms with E-state index in [9.17, 15) is 4.79 Å². The van der Waals surface area contributed by atoms with Gasteiger partial charge in [0.25, 0.3) is 0 Å². The van der Waals surface area contributed by atoms with Gasteiger partial charge in [-0.3, -0.25) is 10.2 Å². The van der Waals surface area contributed by atoms with Crippen LogP contribution in [0.15, 0.2) is 77.4 Å². The largest absolute Gasteiger partial charge is 0.449 e. The Hall–Kier alpha value is -3.21. The first-order chi connectivity index (χ1) is 10.7. The van der Waals surface area contributed by atoms with E-state index in [4.69, 9.17) is 10.2 Å². The summed E-state index contributed by atoms with van der Waals surface area (Å²) in [4.78, 5) is 14.2. The molecule has 0 aliphatic heterocycles. The molecule has 2 aromatic carbocycles. The SMILES string of the molecule is Nc1ccc(N(C(=O)Nc2ccco2)c2ccccc2)cc1. The molecule has 1 heterocycles. The minimum atomic E-state index is -0.314. The highest BCUT2D eigenvalue weighted by Gasteiger charge is 2.18. The summed E-state index contributed by atoms with van der Waals surface area (Å²) in [6, 6.07) is 19.6. The second kappa shape index (κ2) is 6.05. The summed E-state index contributed by atoms with van der Waals surface area (Å²) in [5.74, 6) is 0.390. The molecule has 0 atom stereocenters. The van der Waals surface area contributed by atoms with Gasteiger partial charge in [-0.1, -0.05) is 18.2 Å². The predicted molar refractivity (Wildman–Crippen MR) is 87.2 cm³/mol. The molecule has 0 spiro atoms. The van der Waals surface area contributed by atoms with Crippen LogP contribution in [0.25, 0.3) is 0 Å². The average molecular weight is 293 g/mol. The summed E-state index contributed by atoms with van der Waals surface area (Å²) in [6.45, 7) is 0. The van der Waals surface area contributed by atoms with E-state index in [1.54, 1.807) is 41.3 Å². The topological polar surface area (TPSA) is 71.5 Å². The number of nitrogens with zero attached hydrogens (tertiary/aromatic N) is 1. The Morgan fingerprint density at radius 2 is 1.59 bits per heavy atom. The van der Waals surface area contributed by atoms with E-state index in [0.717, 1.165) is 5.69 Å². The van der Waals surface area contributed by atoms with Crippen LogP contribution in [-0.2, 0) is 0 Å². The van der Waals surface area contributed by atoms with Crippen molar-refractivity contribution in [1.82, 2.24) is 0 Å². The Kier molecular flexibility index (Phi) is 3.78. The number of nitrogens with two attached hydrogens (primary N) is 1. The molecule has 3 aromatic rings. The molecule has 0 bridgehead atoms. The van der Waals surface area contributed by atoms with E-state index in [1.807, 2.05) is 30.3 Å². The van der Waals surface area contributed by atoms with E-state index >= 15 is 0 Å². The van der Waals surface area contributed by atoms with Crippen LogP contribution in [-0.4, -0.2) is 6.03 Å². The number of para-hydroxylation sites is 1. The van der Waals surface area contributed by atoms with Crippen molar-refractivity contribution in [3.05, 3.63) is 73.0 Å². The lowest BCUT2D eigenvalue weighted by atomic mass is 10.2. The molecule has 2 amide bonds. The number of nitrogens with one attached hydrogen (secondary N) is 1. The van der Waals surface area contributed by atoms with E-state index in [2.05, 4.69) is 5.32 Å². The van der Waals surface area contributed by atoms with Crippen molar-refractivity contribution in [2.45, 2.75) is 0 Å². The fourth-order valence-electron chi connectivity index (χ4n) is 2.10. The molecule has 22 heavy (non-hydrogen) atoms. The van der Waals surface area contributed by atoms with Crippen LogP contribution >= 0.6 is 0 Å². The highest BCUT2D eigenvalue weighted by Crippen LogP contribution is 2.27. The summed E-state index contributed by atoms with van der Waals surface area (Å²) >= 11 is 0. The zero-order chi connectivity index (χ0) is 15.4. The Labute approximate surface area is 128 Å². The van der Waals surface area contributed by atoms with E-state index in [-0.39, 0.29) is 6.03 Å². The van der Waals surface area contributed by atoms with Gasteiger partial charge >= 0.3 is 6.03 Å². The molecule has 0 fully saturated rings. The van der Waals surface area contributed by atoms with Gasteiger partial charge in [0.1, 0.15) is 0 Å². The molecule has 1 aromatic heterocycles. The minimum absolute atomic E-state index is 0.314. The van der Waals surface area contributed by atoms with Crippen LogP contribution in [0.1, 0.15) is 0 Å². The minimum Gasteiger partial charge on any atom is -0.449 e. The molecule has 3 N–H and O–H groups in total. The quantitative estimate of drug-likeness (QED) is 0.710. The highest BCUT2D eigenvalue weighted by atomic mass is 16.3. The van der Waals surface area contributed by atoms with Gasteiger partial charge in [-0.15, -0.1) is 0 Å². The van der Waals surface area contributed by atoms with Crippen molar-refractivity contribution in [3.63, 3.8) is 0 Å². The maximum absolute atomic E-state index is 12.6. The van der Waals surface area contributed by atoms with Gasteiger partial charge in [-0.2, -0.15) is 0 Å². The number of anilines is 4. The monoisotopic (exact) mass is 293 g/mol. The van der Waals surface area contributed by atoms with Crippen molar-refractivity contribution in [1.29, 1.82) is 0 Å². The first-order valence-electron chi connectivity index (χ1n) is 6.79. The fourth-order valence-corrected chi connectivity index (χ4v) is 2.10. The number of nitrogen functional groups attached to an aromatic ring is 1. The first kappa shape index (κ1) is 13.8. The van der Waals surface area contributed by atoms with E-state index in [1.165, 1.54) is 6.26 Å². The molecule has 0 saturated carbocycles. The number of benzene rings is 2. The second-order valence-corrected chi connectivity index (χ2v) is 4.67. The van der Waals surface area contributed by atoms with E-state index in [0.29, 0.717) is 17.3 Å². The summed E-state index contributed by atoms with van der Waals surface area (Å²) in [5.41, 5.74) is 7.82. The molecule has 5 nitrogen and oxygen atoms in total. The number of urea groups is 1. The molecule has 0 aliphatic rings. The summed E-state index contributed by atoms with van der Waals surface area (Å²) in [7, 11) is 0. The van der Waals surface area contributed by atoms with Gasteiger partial charge in [0.05, 0.1) is 17.6 Å². The Morgan fingerprint density at radius 3 is 2.23 bits per heavy atom.